The van der Waals surface area contributed by atoms with E-state index in [9.17, 15) is 36.6 Å². The summed E-state index contributed by atoms with van der Waals surface area (Å²) in [6, 6.07) is 6.00. The molecule has 1 saturated heterocycles. The first-order valence-corrected chi connectivity index (χ1v) is 10.5. The van der Waals surface area contributed by atoms with Crippen molar-refractivity contribution >= 4 is 23.6 Å². The van der Waals surface area contributed by atoms with E-state index in [1.54, 1.807) is 7.11 Å². The molecule has 0 saturated carbocycles. The summed E-state index contributed by atoms with van der Waals surface area (Å²) < 4.78 is 72.5. The first kappa shape index (κ1) is 25.9. The maximum absolute atomic E-state index is 13.7. The fourth-order valence-corrected chi connectivity index (χ4v) is 3.61. The Morgan fingerprint density at radius 2 is 1.57 bits per heavy atom. The minimum atomic E-state index is -2.32. The van der Waals surface area contributed by atoms with Crippen LogP contribution in [0.3, 0.4) is 0 Å². The lowest BCUT2D eigenvalue weighted by atomic mass is 10.1. The van der Waals surface area contributed by atoms with E-state index in [0.29, 0.717) is 31.0 Å². The van der Waals surface area contributed by atoms with Gasteiger partial charge in [-0.25, -0.2) is 22.0 Å². The number of nitrogens with one attached hydrogen (secondary N) is 1. The number of nitrogens with zero attached hydrogens (tertiary/aromatic N) is 2. The molecular formula is C23H22F5N3O4. The molecule has 1 atom stereocenters. The van der Waals surface area contributed by atoms with Gasteiger partial charge in [-0.1, -0.05) is 12.1 Å². The van der Waals surface area contributed by atoms with Crippen molar-refractivity contribution < 1.29 is 41.4 Å². The maximum atomic E-state index is 13.7. The Morgan fingerprint density at radius 3 is 2.14 bits per heavy atom. The molecule has 0 radical (unpaired) electrons. The van der Waals surface area contributed by atoms with Crippen molar-refractivity contribution in [3.8, 4) is 5.75 Å². The van der Waals surface area contributed by atoms with Gasteiger partial charge in [0.25, 0.3) is 0 Å². The second kappa shape index (κ2) is 11.2. The number of methoxy groups -OCH3 is 1. The van der Waals surface area contributed by atoms with Gasteiger partial charge in [0, 0.05) is 32.3 Å². The van der Waals surface area contributed by atoms with Gasteiger partial charge in [0.1, 0.15) is 11.8 Å². The molecular weight excluding hydrogens is 477 g/mol. The highest BCUT2D eigenvalue weighted by Gasteiger charge is 2.29. The average molecular weight is 499 g/mol. The molecule has 7 nitrogen and oxygen atoms in total. The first-order valence-electron chi connectivity index (χ1n) is 10.5. The van der Waals surface area contributed by atoms with Crippen LogP contribution in [0.25, 0.3) is 6.08 Å². The van der Waals surface area contributed by atoms with Crippen molar-refractivity contribution in [2.24, 2.45) is 0 Å². The molecule has 3 rings (SSSR count). The number of aliphatic hydroxyl groups is 1. The summed E-state index contributed by atoms with van der Waals surface area (Å²) >= 11 is 0. The third-order valence-electron chi connectivity index (χ3n) is 5.46. The molecule has 1 aliphatic heterocycles. The Bertz CT molecular complexity index is 1110. The molecule has 188 valence electrons. The second-order valence-corrected chi connectivity index (χ2v) is 7.54. The Hall–Kier alpha value is -3.67. The highest BCUT2D eigenvalue weighted by molar-refractivity contribution is 5.95. The molecule has 1 aliphatic rings. The molecule has 2 N–H and O–H groups in total. The third-order valence-corrected chi connectivity index (χ3v) is 5.46. The van der Waals surface area contributed by atoms with E-state index in [0.717, 1.165) is 5.69 Å². The van der Waals surface area contributed by atoms with E-state index in [-0.39, 0.29) is 13.1 Å². The van der Waals surface area contributed by atoms with E-state index in [2.05, 4.69) is 5.32 Å². The largest absolute Gasteiger partial charge is 0.495 e. The van der Waals surface area contributed by atoms with E-state index in [1.807, 2.05) is 29.2 Å². The highest BCUT2D eigenvalue weighted by atomic mass is 19.2. The number of ether oxygens (including phenoxy) is 1. The van der Waals surface area contributed by atoms with E-state index in [4.69, 9.17) is 4.74 Å². The summed E-state index contributed by atoms with van der Waals surface area (Å²) in [5, 5.41) is 11.7. The molecule has 0 spiro atoms. The molecule has 1 fully saturated rings. The van der Waals surface area contributed by atoms with Crippen molar-refractivity contribution in [3.63, 3.8) is 0 Å². The normalized spacial score (nSPS) is 14.8. The van der Waals surface area contributed by atoms with Crippen LogP contribution in [0.4, 0.5) is 27.6 Å². The van der Waals surface area contributed by atoms with Gasteiger partial charge in [-0.15, -0.1) is 0 Å². The molecule has 0 unspecified atom stereocenters. The number of rotatable bonds is 7. The lowest BCUT2D eigenvalue weighted by Crippen LogP contribution is -2.56. The van der Waals surface area contributed by atoms with Gasteiger partial charge in [0.15, 0.2) is 23.3 Å². The zero-order valence-electron chi connectivity index (χ0n) is 18.5. The molecule has 35 heavy (non-hydrogen) atoms. The van der Waals surface area contributed by atoms with Crippen LogP contribution in [-0.4, -0.2) is 67.8 Å². The second-order valence-electron chi connectivity index (χ2n) is 7.54. The summed E-state index contributed by atoms with van der Waals surface area (Å²) in [6.45, 7) is 0.706. The number of hydrogen-bond acceptors (Lipinski definition) is 5. The van der Waals surface area contributed by atoms with Crippen molar-refractivity contribution in [1.29, 1.82) is 0 Å². The minimum absolute atomic E-state index is 0.281. The van der Waals surface area contributed by atoms with Gasteiger partial charge < -0.3 is 25.0 Å². The van der Waals surface area contributed by atoms with Crippen LogP contribution in [0.5, 0.6) is 5.75 Å². The summed E-state index contributed by atoms with van der Waals surface area (Å²) in [5.41, 5.74) is -0.455. The molecule has 1 heterocycles. The Morgan fingerprint density at radius 1 is 1.00 bits per heavy atom. The minimum Gasteiger partial charge on any atom is -0.495 e. The summed E-state index contributed by atoms with van der Waals surface area (Å²) in [4.78, 5) is 28.3. The number of para-hydroxylation sites is 2. The highest BCUT2D eigenvalue weighted by Crippen LogP contribution is 2.28. The monoisotopic (exact) mass is 499 g/mol. The lowest BCUT2D eigenvalue weighted by Gasteiger charge is -2.37. The number of anilines is 1. The Balaban J connectivity index is 1.63. The summed E-state index contributed by atoms with van der Waals surface area (Å²) in [6.07, 6.45) is 0.907. The summed E-state index contributed by atoms with van der Waals surface area (Å²) in [7, 11) is 1.55. The number of benzene rings is 2. The van der Waals surface area contributed by atoms with E-state index in [1.165, 1.54) is 4.90 Å². The van der Waals surface area contributed by atoms with Crippen LogP contribution < -0.4 is 15.0 Å². The fourth-order valence-electron chi connectivity index (χ4n) is 3.61. The molecule has 12 heteroatoms. The number of amides is 2. The number of piperazine rings is 1. The smallest absolute Gasteiger partial charge is 0.247 e. The molecule has 2 aromatic rings. The quantitative estimate of drug-likeness (QED) is 0.264. The summed E-state index contributed by atoms with van der Waals surface area (Å²) in [5.74, 6) is -11.8. The van der Waals surface area contributed by atoms with Crippen molar-refractivity contribution in [3.05, 3.63) is 65.0 Å². The molecule has 2 aromatic carbocycles. The van der Waals surface area contributed by atoms with Crippen LogP contribution in [0.2, 0.25) is 0 Å². The molecule has 2 amide bonds. The Kier molecular flexibility index (Phi) is 8.28. The van der Waals surface area contributed by atoms with Gasteiger partial charge in [0.2, 0.25) is 17.6 Å². The van der Waals surface area contributed by atoms with Gasteiger partial charge in [-0.2, -0.15) is 0 Å². The fraction of sp³-hybridized carbons (Fsp3) is 0.304. The van der Waals surface area contributed by atoms with Crippen LogP contribution in [0, 0.1) is 29.1 Å². The SMILES string of the molecule is COc1ccccc1N1CCN(C(=O)[C@H](CO)NC(=O)C=Cc2c(F)c(F)c(F)c(F)c2F)CC1. The number of aliphatic hydroxyl groups excluding tert-OH is 1. The average Bonchev–Trinajstić information content (AvgIpc) is 2.89. The van der Waals surface area contributed by atoms with Crippen molar-refractivity contribution in [2.45, 2.75) is 6.04 Å². The Labute approximate surface area is 197 Å². The predicted molar refractivity (Wildman–Crippen MR) is 116 cm³/mol. The van der Waals surface area contributed by atoms with Crippen LogP contribution in [-0.2, 0) is 9.59 Å². The number of carbonyl (C=O) groups is 2. The van der Waals surface area contributed by atoms with Gasteiger partial charge in [-0.05, 0) is 18.2 Å². The third kappa shape index (κ3) is 5.53. The lowest BCUT2D eigenvalue weighted by molar-refractivity contribution is -0.137. The zero-order valence-corrected chi connectivity index (χ0v) is 18.5. The van der Waals surface area contributed by atoms with Gasteiger partial charge in [0.05, 0.1) is 25.0 Å². The van der Waals surface area contributed by atoms with Crippen molar-refractivity contribution in [2.75, 3.05) is 44.8 Å². The predicted octanol–water partition coefficient (Wildman–Crippen LogP) is 2.23. The van der Waals surface area contributed by atoms with Gasteiger partial charge >= 0.3 is 0 Å². The van der Waals surface area contributed by atoms with Gasteiger partial charge in [-0.3, -0.25) is 9.59 Å². The molecule has 0 bridgehead atoms. The number of carbonyl (C=O) groups excluding carboxylic acids is 2. The molecule has 0 aromatic heterocycles. The van der Waals surface area contributed by atoms with E-state index >= 15 is 0 Å². The van der Waals surface area contributed by atoms with Crippen molar-refractivity contribution in [1.82, 2.24) is 10.2 Å². The number of hydrogen-bond donors (Lipinski definition) is 2. The molecule has 0 aliphatic carbocycles. The van der Waals surface area contributed by atoms with Crippen LogP contribution in [0.1, 0.15) is 5.56 Å². The van der Waals surface area contributed by atoms with E-state index < -0.39 is 59.1 Å². The number of halogens is 5. The zero-order chi connectivity index (χ0) is 25.7. The van der Waals surface area contributed by atoms with Crippen LogP contribution in [0.15, 0.2) is 30.3 Å². The van der Waals surface area contributed by atoms with Crippen LogP contribution >= 0.6 is 0 Å². The maximum Gasteiger partial charge on any atom is 0.247 e. The first-order chi connectivity index (χ1) is 16.7. The topological polar surface area (TPSA) is 82.1 Å². The standard InChI is InChI=1S/C23H22F5N3O4/c1-35-16-5-3-2-4-15(16)30-8-10-31(11-9-30)23(34)14(12-32)29-17(33)7-6-13-18(24)20(26)22(28)21(27)19(13)25/h2-7,14,32H,8-12H2,1H3,(H,29,33)/t14-/m0/s1.